The Morgan fingerprint density at radius 3 is 2.63 bits per heavy atom. The van der Waals surface area contributed by atoms with Gasteiger partial charge in [0.15, 0.2) is 0 Å². The zero-order valence-corrected chi connectivity index (χ0v) is 11.1. The summed E-state index contributed by atoms with van der Waals surface area (Å²) in [6.45, 7) is 1.64. The molecular formula is C13H13N3O2S. The maximum atomic E-state index is 11.9. The Morgan fingerprint density at radius 2 is 2.00 bits per heavy atom. The van der Waals surface area contributed by atoms with E-state index in [-0.39, 0.29) is 11.8 Å². The molecule has 2 rings (SSSR count). The minimum Gasteiger partial charge on any atom is -0.340 e. The number of nitrogens with zero attached hydrogens (tertiary/aromatic N) is 1. The van der Waals surface area contributed by atoms with Crippen LogP contribution in [-0.2, 0) is 4.79 Å². The minimum absolute atomic E-state index is 0.243. The number of thiophene rings is 1. The van der Waals surface area contributed by atoms with Crippen LogP contribution in [0.3, 0.4) is 0 Å². The molecule has 0 aliphatic rings. The van der Waals surface area contributed by atoms with Crippen molar-refractivity contribution in [2.24, 2.45) is 0 Å². The largest absolute Gasteiger partial charge is 0.340 e. The van der Waals surface area contributed by atoms with E-state index in [2.05, 4.69) is 15.6 Å². The van der Waals surface area contributed by atoms with Crippen molar-refractivity contribution < 1.29 is 9.59 Å². The molecule has 0 saturated carbocycles. The van der Waals surface area contributed by atoms with Gasteiger partial charge in [0.2, 0.25) is 5.91 Å². The standard InChI is InChI=1S/C13H13N3O2S/c1-9(15-13(18)11-3-2-8-19-11)12(17)16-10-4-6-14-7-5-10/h2-9H,1H3,(H,15,18)(H,14,16,17). The van der Waals surface area contributed by atoms with Gasteiger partial charge in [0.05, 0.1) is 4.88 Å². The van der Waals surface area contributed by atoms with E-state index in [1.54, 1.807) is 43.6 Å². The van der Waals surface area contributed by atoms with Crippen LogP contribution in [0.5, 0.6) is 0 Å². The van der Waals surface area contributed by atoms with Gasteiger partial charge in [-0.2, -0.15) is 0 Å². The van der Waals surface area contributed by atoms with Gasteiger partial charge in [-0.15, -0.1) is 11.3 Å². The molecule has 0 aliphatic heterocycles. The van der Waals surface area contributed by atoms with E-state index in [4.69, 9.17) is 0 Å². The van der Waals surface area contributed by atoms with Crippen molar-refractivity contribution in [3.05, 3.63) is 46.9 Å². The molecule has 0 aliphatic carbocycles. The molecule has 0 spiro atoms. The summed E-state index contributed by atoms with van der Waals surface area (Å²) in [6, 6.07) is 6.27. The quantitative estimate of drug-likeness (QED) is 0.895. The van der Waals surface area contributed by atoms with Crippen LogP contribution in [0.1, 0.15) is 16.6 Å². The summed E-state index contributed by atoms with van der Waals surface area (Å²) >= 11 is 1.34. The molecule has 2 aromatic heterocycles. The molecule has 0 saturated heterocycles. The lowest BCUT2D eigenvalue weighted by Crippen LogP contribution is -2.41. The second kappa shape index (κ2) is 6.10. The number of hydrogen-bond acceptors (Lipinski definition) is 4. The predicted octanol–water partition coefficient (Wildman–Crippen LogP) is 1.90. The third-order valence-corrected chi connectivity index (χ3v) is 3.30. The van der Waals surface area contributed by atoms with Gasteiger partial charge in [-0.25, -0.2) is 0 Å². The van der Waals surface area contributed by atoms with Crippen molar-refractivity contribution in [2.75, 3.05) is 5.32 Å². The third kappa shape index (κ3) is 3.62. The fraction of sp³-hybridized carbons (Fsp3) is 0.154. The van der Waals surface area contributed by atoms with E-state index in [9.17, 15) is 9.59 Å². The Bertz CT molecular complexity index is 555. The van der Waals surface area contributed by atoms with Crippen LogP contribution in [-0.4, -0.2) is 22.8 Å². The molecule has 2 amide bonds. The monoisotopic (exact) mass is 275 g/mol. The number of amides is 2. The van der Waals surface area contributed by atoms with E-state index < -0.39 is 6.04 Å². The minimum atomic E-state index is -0.609. The smallest absolute Gasteiger partial charge is 0.261 e. The number of anilines is 1. The summed E-state index contributed by atoms with van der Waals surface area (Å²) in [5, 5.41) is 7.16. The normalized spacial score (nSPS) is 11.6. The maximum Gasteiger partial charge on any atom is 0.261 e. The SMILES string of the molecule is CC(NC(=O)c1cccs1)C(=O)Nc1ccncc1. The highest BCUT2D eigenvalue weighted by Crippen LogP contribution is 2.09. The Morgan fingerprint density at radius 1 is 1.26 bits per heavy atom. The van der Waals surface area contributed by atoms with Crippen LogP contribution in [0.15, 0.2) is 42.0 Å². The summed E-state index contributed by atoms with van der Waals surface area (Å²) < 4.78 is 0. The van der Waals surface area contributed by atoms with Crippen molar-refractivity contribution in [1.82, 2.24) is 10.3 Å². The molecule has 0 fully saturated rings. The molecule has 2 heterocycles. The average molecular weight is 275 g/mol. The highest BCUT2D eigenvalue weighted by atomic mass is 32.1. The maximum absolute atomic E-state index is 11.9. The number of carbonyl (C=O) groups excluding carboxylic acids is 2. The molecule has 1 unspecified atom stereocenters. The second-order valence-corrected chi connectivity index (χ2v) is 4.85. The molecule has 0 bridgehead atoms. The number of hydrogen-bond donors (Lipinski definition) is 2. The first-order valence-electron chi connectivity index (χ1n) is 5.72. The van der Waals surface area contributed by atoms with Crippen LogP contribution in [0.2, 0.25) is 0 Å². The van der Waals surface area contributed by atoms with Crippen molar-refractivity contribution in [1.29, 1.82) is 0 Å². The number of nitrogens with one attached hydrogen (secondary N) is 2. The van der Waals surface area contributed by atoms with Gasteiger partial charge in [0, 0.05) is 18.1 Å². The Hall–Kier alpha value is -2.21. The van der Waals surface area contributed by atoms with Crippen LogP contribution in [0, 0.1) is 0 Å². The topological polar surface area (TPSA) is 71.1 Å². The molecule has 6 heteroatoms. The molecule has 0 radical (unpaired) electrons. The summed E-state index contributed by atoms with van der Waals surface area (Å²) in [5.74, 6) is -0.511. The van der Waals surface area contributed by atoms with Crippen molar-refractivity contribution in [3.8, 4) is 0 Å². The van der Waals surface area contributed by atoms with Crippen molar-refractivity contribution in [3.63, 3.8) is 0 Å². The Kier molecular flexibility index (Phi) is 4.25. The molecule has 19 heavy (non-hydrogen) atoms. The van der Waals surface area contributed by atoms with Gasteiger partial charge in [0.25, 0.3) is 5.91 Å². The van der Waals surface area contributed by atoms with E-state index in [1.807, 2.05) is 5.38 Å². The van der Waals surface area contributed by atoms with E-state index in [1.165, 1.54) is 11.3 Å². The van der Waals surface area contributed by atoms with Gasteiger partial charge < -0.3 is 10.6 Å². The third-order valence-electron chi connectivity index (χ3n) is 2.43. The van der Waals surface area contributed by atoms with E-state index >= 15 is 0 Å². The van der Waals surface area contributed by atoms with Gasteiger partial charge >= 0.3 is 0 Å². The van der Waals surface area contributed by atoms with Crippen LogP contribution in [0.25, 0.3) is 0 Å². The fourth-order valence-corrected chi connectivity index (χ4v) is 2.05. The summed E-state index contributed by atoms with van der Waals surface area (Å²) in [6.07, 6.45) is 3.18. The fourth-order valence-electron chi connectivity index (χ4n) is 1.43. The lowest BCUT2D eigenvalue weighted by atomic mass is 10.3. The average Bonchev–Trinajstić information content (AvgIpc) is 2.93. The summed E-state index contributed by atoms with van der Waals surface area (Å²) in [7, 11) is 0. The molecule has 2 aromatic rings. The second-order valence-electron chi connectivity index (χ2n) is 3.90. The highest BCUT2D eigenvalue weighted by Gasteiger charge is 2.17. The molecule has 5 nitrogen and oxygen atoms in total. The van der Waals surface area contributed by atoms with Gasteiger partial charge in [-0.05, 0) is 30.5 Å². The first-order chi connectivity index (χ1) is 9.16. The lowest BCUT2D eigenvalue weighted by molar-refractivity contribution is -0.117. The van der Waals surface area contributed by atoms with Crippen molar-refractivity contribution >= 4 is 28.8 Å². The summed E-state index contributed by atoms with van der Waals surface area (Å²) in [5.41, 5.74) is 0.650. The number of rotatable bonds is 4. The molecule has 2 N–H and O–H groups in total. The molecule has 98 valence electrons. The molecule has 0 aromatic carbocycles. The number of aromatic nitrogens is 1. The number of pyridine rings is 1. The van der Waals surface area contributed by atoms with E-state index in [0.717, 1.165) is 0 Å². The van der Waals surface area contributed by atoms with E-state index in [0.29, 0.717) is 10.6 Å². The van der Waals surface area contributed by atoms with Gasteiger partial charge in [-0.3, -0.25) is 14.6 Å². The summed E-state index contributed by atoms with van der Waals surface area (Å²) in [4.78, 5) is 28.1. The van der Waals surface area contributed by atoms with Gasteiger partial charge in [-0.1, -0.05) is 6.07 Å². The van der Waals surface area contributed by atoms with Gasteiger partial charge in [0.1, 0.15) is 6.04 Å². The Labute approximate surface area is 114 Å². The number of carbonyl (C=O) groups is 2. The van der Waals surface area contributed by atoms with Crippen molar-refractivity contribution in [2.45, 2.75) is 13.0 Å². The highest BCUT2D eigenvalue weighted by molar-refractivity contribution is 7.12. The predicted molar refractivity (Wildman–Crippen MR) is 74.1 cm³/mol. The van der Waals surface area contributed by atoms with Crippen LogP contribution in [0.4, 0.5) is 5.69 Å². The van der Waals surface area contributed by atoms with Crippen LogP contribution >= 0.6 is 11.3 Å². The van der Waals surface area contributed by atoms with Crippen LogP contribution < -0.4 is 10.6 Å². The lowest BCUT2D eigenvalue weighted by Gasteiger charge is -2.13. The zero-order chi connectivity index (χ0) is 13.7. The Balaban J connectivity index is 1.91. The molecular weight excluding hydrogens is 262 g/mol. The molecule has 1 atom stereocenters. The zero-order valence-electron chi connectivity index (χ0n) is 10.3. The first kappa shape index (κ1) is 13.2. The first-order valence-corrected chi connectivity index (χ1v) is 6.60.